The third kappa shape index (κ3) is 4.61. The zero-order chi connectivity index (χ0) is 20.3. The van der Waals surface area contributed by atoms with Crippen LogP contribution in [0.3, 0.4) is 0 Å². The number of aliphatic hydroxyl groups excluding tert-OH is 1. The Labute approximate surface area is 176 Å². The summed E-state index contributed by atoms with van der Waals surface area (Å²) >= 11 is 2.13. The number of halogens is 1. The average Bonchev–Trinajstić information content (AvgIpc) is 3.09. The number of amides is 1. The zero-order valence-corrected chi connectivity index (χ0v) is 17.7. The summed E-state index contributed by atoms with van der Waals surface area (Å²) in [6.45, 7) is 3.83. The van der Waals surface area contributed by atoms with Crippen molar-refractivity contribution in [3.05, 3.63) is 45.5 Å². The Morgan fingerprint density at radius 1 is 1.25 bits per heavy atom. The molecule has 1 heterocycles. The summed E-state index contributed by atoms with van der Waals surface area (Å²) in [5.74, 6) is 1.20. The maximum atomic E-state index is 12.6. The molecule has 2 aromatic rings. The van der Waals surface area contributed by atoms with E-state index in [-0.39, 0.29) is 19.1 Å². The van der Waals surface area contributed by atoms with Gasteiger partial charge in [-0.3, -0.25) is 5.32 Å². The zero-order valence-electron chi connectivity index (χ0n) is 15.6. The van der Waals surface area contributed by atoms with Crippen molar-refractivity contribution in [3.8, 4) is 17.2 Å². The molecule has 2 aromatic carbocycles. The van der Waals surface area contributed by atoms with Gasteiger partial charge in [-0.15, -0.1) is 0 Å². The number of phenolic OH excluding ortho intramolecular Hbond substituents is 1. The SMILES string of the molecule is CC(C)(CCO)[C@@H](OC(=O)Nc1ccc2c(c1)OCO2)c1cc(I)ccc1O. The smallest absolute Gasteiger partial charge is 0.412 e. The number of fused-ring (bicyclic) bond motifs is 1. The second kappa shape index (κ2) is 8.44. The fourth-order valence-corrected chi connectivity index (χ4v) is 3.54. The summed E-state index contributed by atoms with van der Waals surface area (Å²) in [5.41, 5.74) is 0.383. The number of phenols is 1. The second-order valence-corrected chi connectivity index (χ2v) is 8.39. The highest BCUT2D eigenvalue weighted by Gasteiger charge is 2.36. The van der Waals surface area contributed by atoms with Crippen LogP contribution in [0.15, 0.2) is 36.4 Å². The molecule has 7 nitrogen and oxygen atoms in total. The van der Waals surface area contributed by atoms with Crippen LogP contribution in [0, 0.1) is 8.99 Å². The van der Waals surface area contributed by atoms with Gasteiger partial charge in [0.1, 0.15) is 11.9 Å². The number of benzene rings is 2. The maximum Gasteiger partial charge on any atom is 0.412 e. The van der Waals surface area contributed by atoms with Gasteiger partial charge in [0.25, 0.3) is 0 Å². The molecule has 1 aliphatic rings. The lowest BCUT2D eigenvalue weighted by molar-refractivity contribution is 0.0138. The topological polar surface area (TPSA) is 97.3 Å². The number of aliphatic hydroxyl groups is 1. The van der Waals surface area contributed by atoms with E-state index in [1.807, 2.05) is 13.8 Å². The van der Waals surface area contributed by atoms with Gasteiger partial charge < -0.3 is 24.4 Å². The molecule has 0 aliphatic carbocycles. The average molecular weight is 499 g/mol. The molecule has 1 atom stereocenters. The monoisotopic (exact) mass is 499 g/mol. The van der Waals surface area contributed by atoms with E-state index in [4.69, 9.17) is 14.2 Å². The number of anilines is 1. The van der Waals surface area contributed by atoms with E-state index in [9.17, 15) is 15.0 Å². The van der Waals surface area contributed by atoms with Gasteiger partial charge in [0.05, 0.1) is 0 Å². The molecule has 3 N–H and O–H groups in total. The molecule has 1 aliphatic heterocycles. The standard InChI is InChI=1S/C20H22INO6/c1-20(2,7-8-23)18(14-9-12(21)3-5-15(14)24)28-19(25)22-13-4-6-16-17(10-13)27-11-26-16/h3-6,9-10,18,23-24H,7-8,11H2,1-2H3,(H,22,25)/t18-/m0/s1. The molecule has 0 spiro atoms. The summed E-state index contributed by atoms with van der Waals surface area (Å²) in [7, 11) is 0. The van der Waals surface area contributed by atoms with Crippen LogP contribution >= 0.6 is 22.6 Å². The molecule has 0 fully saturated rings. The van der Waals surface area contributed by atoms with E-state index in [2.05, 4.69) is 27.9 Å². The van der Waals surface area contributed by atoms with Crippen molar-refractivity contribution in [3.63, 3.8) is 0 Å². The van der Waals surface area contributed by atoms with Crippen LogP contribution in [-0.2, 0) is 4.74 Å². The number of hydrogen-bond acceptors (Lipinski definition) is 6. The molecule has 3 rings (SSSR count). The highest BCUT2D eigenvalue weighted by molar-refractivity contribution is 14.1. The van der Waals surface area contributed by atoms with Crippen molar-refractivity contribution >= 4 is 34.4 Å². The lowest BCUT2D eigenvalue weighted by Crippen LogP contribution is -2.30. The minimum Gasteiger partial charge on any atom is -0.508 e. The van der Waals surface area contributed by atoms with Crippen LogP contribution in [0.4, 0.5) is 10.5 Å². The Kier molecular flexibility index (Phi) is 6.19. The Morgan fingerprint density at radius 2 is 2.00 bits per heavy atom. The van der Waals surface area contributed by atoms with Crippen molar-refractivity contribution in [2.45, 2.75) is 26.4 Å². The number of ether oxygens (including phenoxy) is 3. The number of hydrogen-bond donors (Lipinski definition) is 3. The quantitative estimate of drug-likeness (QED) is 0.510. The largest absolute Gasteiger partial charge is 0.508 e. The molecular weight excluding hydrogens is 477 g/mol. The minimum absolute atomic E-state index is 0.0345. The lowest BCUT2D eigenvalue weighted by atomic mass is 9.79. The summed E-state index contributed by atoms with van der Waals surface area (Å²) in [4.78, 5) is 12.6. The molecule has 0 bridgehead atoms. The van der Waals surface area contributed by atoms with E-state index >= 15 is 0 Å². The predicted octanol–water partition coefficient (Wildman–Crippen LogP) is 4.42. The van der Waals surface area contributed by atoms with Gasteiger partial charge in [0.15, 0.2) is 11.5 Å². The number of carbonyl (C=O) groups is 1. The Hall–Kier alpha value is -2.20. The first-order chi connectivity index (χ1) is 13.3. The van der Waals surface area contributed by atoms with Gasteiger partial charge in [-0.05, 0) is 59.3 Å². The fraction of sp³-hybridized carbons (Fsp3) is 0.350. The van der Waals surface area contributed by atoms with Crippen LogP contribution in [0.5, 0.6) is 17.2 Å². The Morgan fingerprint density at radius 3 is 2.75 bits per heavy atom. The highest BCUT2D eigenvalue weighted by atomic mass is 127. The number of nitrogens with one attached hydrogen (secondary N) is 1. The van der Waals surface area contributed by atoms with Crippen LogP contribution in [0.2, 0.25) is 0 Å². The third-order valence-electron chi connectivity index (χ3n) is 4.58. The second-order valence-electron chi connectivity index (χ2n) is 7.14. The van der Waals surface area contributed by atoms with Gasteiger partial charge >= 0.3 is 6.09 Å². The summed E-state index contributed by atoms with van der Waals surface area (Å²) in [6.07, 6.45) is -1.05. The first-order valence-corrected chi connectivity index (χ1v) is 9.84. The van der Waals surface area contributed by atoms with Crippen LogP contribution in [0.25, 0.3) is 0 Å². The number of aromatic hydroxyl groups is 1. The van der Waals surface area contributed by atoms with Crippen molar-refractivity contribution in [1.29, 1.82) is 0 Å². The summed E-state index contributed by atoms with van der Waals surface area (Å²) in [6, 6.07) is 10.1. The Balaban J connectivity index is 1.82. The molecule has 150 valence electrons. The van der Waals surface area contributed by atoms with Crippen molar-refractivity contribution in [2.75, 3.05) is 18.7 Å². The maximum absolute atomic E-state index is 12.6. The van der Waals surface area contributed by atoms with Crippen LogP contribution in [0.1, 0.15) is 31.9 Å². The number of carbonyl (C=O) groups excluding carboxylic acids is 1. The van der Waals surface area contributed by atoms with Crippen molar-refractivity contribution < 1.29 is 29.2 Å². The molecule has 0 aromatic heterocycles. The molecule has 8 heteroatoms. The van der Waals surface area contributed by atoms with Crippen molar-refractivity contribution in [1.82, 2.24) is 0 Å². The first kappa shape index (κ1) is 20.5. The third-order valence-corrected chi connectivity index (χ3v) is 5.25. The predicted molar refractivity (Wildman–Crippen MR) is 112 cm³/mol. The molecule has 28 heavy (non-hydrogen) atoms. The van der Waals surface area contributed by atoms with E-state index in [0.29, 0.717) is 29.2 Å². The lowest BCUT2D eigenvalue weighted by Gasteiger charge is -2.34. The fourth-order valence-electron chi connectivity index (χ4n) is 3.03. The number of rotatable bonds is 6. The molecule has 0 radical (unpaired) electrons. The van der Waals surface area contributed by atoms with Crippen molar-refractivity contribution in [2.24, 2.45) is 5.41 Å². The van der Waals surface area contributed by atoms with E-state index in [0.717, 1.165) is 3.57 Å². The van der Waals surface area contributed by atoms with Crippen LogP contribution < -0.4 is 14.8 Å². The molecule has 0 unspecified atom stereocenters. The van der Waals surface area contributed by atoms with Gasteiger partial charge in [0, 0.05) is 32.9 Å². The van der Waals surface area contributed by atoms with Gasteiger partial charge in [-0.1, -0.05) is 13.8 Å². The summed E-state index contributed by atoms with van der Waals surface area (Å²) in [5, 5.41) is 22.4. The Bertz CT molecular complexity index is 870. The molecule has 0 saturated heterocycles. The van der Waals surface area contributed by atoms with Crippen LogP contribution in [-0.4, -0.2) is 29.7 Å². The van der Waals surface area contributed by atoms with Gasteiger partial charge in [0.2, 0.25) is 6.79 Å². The van der Waals surface area contributed by atoms with Gasteiger partial charge in [-0.2, -0.15) is 0 Å². The molecule has 0 saturated carbocycles. The molecule has 1 amide bonds. The van der Waals surface area contributed by atoms with E-state index < -0.39 is 17.6 Å². The highest BCUT2D eigenvalue weighted by Crippen LogP contribution is 2.43. The van der Waals surface area contributed by atoms with Gasteiger partial charge in [-0.25, -0.2) is 4.79 Å². The van der Waals surface area contributed by atoms with E-state index in [1.54, 1.807) is 36.4 Å². The first-order valence-electron chi connectivity index (χ1n) is 8.77. The minimum atomic E-state index is -0.761. The normalized spacial score (nSPS) is 13.9. The molecular formula is C20H22INO6. The summed E-state index contributed by atoms with van der Waals surface area (Å²) < 4.78 is 17.2. The van der Waals surface area contributed by atoms with E-state index in [1.165, 1.54) is 0 Å².